The Morgan fingerprint density at radius 3 is 2.92 bits per heavy atom. The number of nitrogen functional groups attached to an aromatic ring is 1. The van der Waals surface area contributed by atoms with Crippen molar-refractivity contribution in [2.45, 2.75) is 19.4 Å². The standard InChI is InChI=1S/C8H10N4/c9-5-8(1-2-8)6-12-4-3-11-7(12)10/h3-4H,1-2,6H2,(H2,10,11). The zero-order valence-corrected chi connectivity index (χ0v) is 6.70. The predicted molar refractivity (Wildman–Crippen MR) is 43.9 cm³/mol. The molecule has 62 valence electrons. The van der Waals surface area contributed by atoms with Crippen LogP contribution in [0.2, 0.25) is 0 Å². The van der Waals surface area contributed by atoms with Crippen molar-refractivity contribution in [3.63, 3.8) is 0 Å². The van der Waals surface area contributed by atoms with Crippen molar-refractivity contribution in [3.8, 4) is 6.07 Å². The highest BCUT2D eigenvalue weighted by atomic mass is 15.1. The normalized spacial score (nSPS) is 18.6. The van der Waals surface area contributed by atoms with Crippen LogP contribution in [0, 0.1) is 16.7 Å². The molecule has 1 aliphatic carbocycles. The van der Waals surface area contributed by atoms with Gasteiger partial charge in [0.15, 0.2) is 5.95 Å². The van der Waals surface area contributed by atoms with Crippen LogP contribution in [-0.4, -0.2) is 9.55 Å². The van der Waals surface area contributed by atoms with Gasteiger partial charge in [0.25, 0.3) is 0 Å². The molecule has 2 N–H and O–H groups in total. The molecule has 1 aromatic rings. The van der Waals surface area contributed by atoms with Crippen molar-refractivity contribution in [2.24, 2.45) is 5.41 Å². The van der Waals surface area contributed by atoms with E-state index in [1.54, 1.807) is 6.20 Å². The number of nitrogens with zero attached hydrogens (tertiary/aromatic N) is 3. The molecule has 4 heteroatoms. The van der Waals surface area contributed by atoms with E-state index in [1.807, 2.05) is 10.8 Å². The molecule has 0 radical (unpaired) electrons. The maximum Gasteiger partial charge on any atom is 0.200 e. The van der Waals surface area contributed by atoms with Crippen molar-refractivity contribution in [3.05, 3.63) is 12.4 Å². The molecular weight excluding hydrogens is 152 g/mol. The Hall–Kier alpha value is -1.50. The fourth-order valence-corrected chi connectivity index (χ4v) is 1.26. The number of nitriles is 1. The first kappa shape index (κ1) is 7.17. The van der Waals surface area contributed by atoms with Crippen molar-refractivity contribution in [2.75, 3.05) is 5.73 Å². The summed E-state index contributed by atoms with van der Waals surface area (Å²) in [7, 11) is 0. The first-order valence-electron chi connectivity index (χ1n) is 3.94. The fraction of sp³-hybridized carbons (Fsp3) is 0.500. The monoisotopic (exact) mass is 162 g/mol. The number of aromatic nitrogens is 2. The highest BCUT2D eigenvalue weighted by Crippen LogP contribution is 2.46. The van der Waals surface area contributed by atoms with Gasteiger partial charge in [-0.05, 0) is 12.8 Å². The van der Waals surface area contributed by atoms with Gasteiger partial charge in [0.2, 0.25) is 0 Å². The van der Waals surface area contributed by atoms with E-state index in [0.717, 1.165) is 12.8 Å². The van der Waals surface area contributed by atoms with Gasteiger partial charge in [-0.15, -0.1) is 0 Å². The Kier molecular flexibility index (Phi) is 1.34. The first-order valence-corrected chi connectivity index (χ1v) is 3.94. The number of imidazole rings is 1. The molecule has 4 nitrogen and oxygen atoms in total. The van der Waals surface area contributed by atoms with Crippen molar-refractivity contribution in [1.82, 2.24) is 9.55 Å². The van der Waals surface area contributed by atoms with Crippen LogP contribution in [0.25, 0.3) is 0 Å². The zero-order chi connectivity index (χ0) is 8.60. The third-order valence-corrected chi connectivity index (χ3v) is 2.31. The van der Waals surface area contributed by atoms with Gasteiger partial charge < -0.3 is 10.3 Å². The van der Waals surface area contributed by atoms with Crippen molar-refractivity contribution < 1.29 is 0 Å². The minimum Gasteiger partial charge on any atom is -0.369 e. The Balaban J connectivity index is 2.15. The van der Waals surface area contributed by atoms with Gasteiger partial charge >= 0.3 is 0 Å². The minimum absolute atomic E-state index is 0.144. The summed E-state index contributed by atoms with van der Waals surface area (Å²) in [6.45, 7) is 0.690. The molecule has 0 amide bonds. The molecule has 0 spiro atoms. The molecule has 0 unspecified atom stereocenters. The Labute approximate surface area is 70.6 Å². The van der Waals surface area contributed by atoms with Gasteiger partial charge in [-0.2, -0.15) is 5.26 Å². The lowest BCUT2D eigenvalue weighted by atomic mass is 10.1. The second-order valence-electron chi connectivity index (χ2n) is 3.31. The summed E-state index contributed by atoms with van der Waals surface area (Å²) in [5.41, 5.74) is 5.43. The SMILES string of the molecule is N#CC1(Cn2ccnc2N)CC1. The lowest BCUT2D eigenvalue weighted by Crippen LogP contribution is -2.11. The van der Waals surface area contributed by atoms with E-state index >= 15 is 0 Å². The molecule has 0 aromatic carbocycles. The van der Waals surface area contributed by atoms with E-state index in [0.29, 0.717) is 12.5 Å². The summed E-state index contributed by atoms with van der Waals surface area (Å²) in [5.74, 6) is 0.497. The van der Waals surface area contributed by atoms with Gasteiger partial charge in [-0.3, -0.25) is 0 Å². The Morgan fingerprint density at radius 2 is 2.50 bits per heavy atom. The van der Waals surface area contributed by atoms with Crippen LogP contribution in [0.5, 0.6) is 0 Å². The van der Waals surface area contributed by atoms with E-state index < -0.39 is 0 Å². The molecule has 1 heterocycles. The van der Waals surface area contributed by atoms with Crippen LogP contribution in [0.15, 0.2) is 12.4 Å². The molecule has 0 aliphatic heterocycles. The third-order valence-electron chi connectivity index (χ3n) is 2.31. The highest BCUT2D eigenvalue weighted by molar-refractivity contribution is 5.20. The lowest BCUT2D eigenvalue weighted by Gasteiger charge is -2.07. The van der Waals surface area contributed by atoms with Crippen LogP contribution >= 0.6 is 0 Å². The second-order valence-corrected chi connectivity index (χ2v) is 3.31. The van der Waals surface area contributed by atoms with Crippen LogP contribution in [-0.2, 0) is 6.54 Å². The van der Waals surface area contributed by atoms with Gasteiger partial charge in [0.05, 0.1) is 11.5 Å². The largest absolute Gasteiger partial charge is 0.369 e. The summed E-state index contributed by atoms with van der Waals surface area (Å²) >= 11 is 0. The summed E-state index contributed by atoms with van der Waals surface area (Å²) < 4.78 is 1.83. The van der Waals surface area contributed by atoms with Crippen LogP contribution in [0.4, 0.5) is 5.95 Å². The molecule has 0 saturated heterocycles. The summed E-state index contributed by atoms with van der Waals surface area (Å²) in [6.07, 6.45) is 5.44. The van der Waals surface area contributed by atoms with Gasteiger partial charge in [0.1, 0.15) is 0 Å². The van der Waals surface area contributed by atoms with E-state index in [1.165, 1.54) is 0 Å². The molecule has 1 aromatic heterocycles. The number of rotatable bonds is 2. The smallest absolute Gasteiger partial charge is 0.200 e. The molecule has 1 aliphatic rings. The number of hydrogen-bond donors (Lipinski definition) is 1. The average molecular weight is 162 g/mol. The predicted octanol–water partition coefficient (Wildman–Crippen LogP) is 0.769. The summed E-state index contributed by atoms with van der Waals surface area (Å²) in [4.78, 5) is 3.89. The maximum absolute atomic E-state index is 8.82. The number of nitrogens with two attached hydrogens (primary N) is 1. The Morgan fingerprint density at radius 1 is 1.75 bits per heavy atom. The maximum atomic E-state index is 8.82. The molecule has 1 saturated carbocycles. The van der Waals surface area contributed by atoms with E-state index in [4.69, 9.17) is 11.0 Å². The van der Waals surface area contributed by atoms with Crippen LogP contribution in [0.3, 0.4) is 0 Å². The molecule has 0 atom stereocenters. The molecule has 12 heavy (non-hydrogen) atoms. The highest BCUT2D eigenvalue weighted by Gasteiger charge is 2.43. The minimum atomic E-state index is -0.144. The quantitative estimate of drug-likeness (QED) is 0.698. The third kappa shape index (κ3) is 1.03. The molecule has 2 rings (SSSR count). The Bertz CT molecular complexity index is 329. The van der Waals surface area contributed by atoms with Gasteiger partial charge in [-0.25, -0.2) is 4.98 Å². The molecule has 1 fully saturated rings. The molecular formula is C8H10N4. The summed E-state index contributed by atoms with van der Waals surface area (Å²) in [5, 5.41) is 8.82. The van der Waals surface area contributed by atoms with E-state index in [9.17, 15) is 0 Å². The van der Waals surface area contributed by atoms with E-state index in [-0.39, 0.29) is 5.41 Å². The average Bonchev–Trinajstić information content (AvgIpc) is 2.74. The first-order chi connectivity index (χ1) is 5.76. The summed E-state index contributed by atoms with van der Waals surface area (Å²) in [6, 6.07) is 2.31. The topological polar surface area (TPSA) is 67.6 Å². The number of anilines is 1. The van der Waals surface area contributed by atoms with Crippen molar-refractivity contribution >= 4 is 5.95 Å². The van der Waals surface area contributed by atoms with Crippen LogP contribution < -0.4 is 5.73 Å². The molecule has 0 bridgehead atoms. The fourth-order valence-electron chi connectivity index (χ4n) is 1.26. The van der Waals surface area contributed by atoms with Gasteiger partial charge in [0, 0.05) is 18.9 Å². The van der Waals surface area contributed by atoms with Crippen LogP contribution in [0.1, 0.15) is 12.8 Å². The lowest BCUT2D eigenvalue weighted by molar-refractivity contribution is 0.533. The number of hydrogen-bond acceptors (Lipinski definition) is 3. The van der Waals surface area contributed by atoms with Gasteiger partial charge in [-0.1, -0.05) is 0 Å². The van der Waals surface area contributed by atoms with E-state index in [2.05, 4.69) is 11.1 Å². The second kappa shape index (κ2) is 2.24. The van der Waals surface area contributed by atoms with Crippen molar-refractivity contribution in [1.29, 1.82) is 5.26 Å². The zero-order valence-electron chi connectivity index (χ0n) is 6.70.